The summed E-state index contributed by atoms with van der Waals surface area (Å²) in [6.45, 7) is 3.58. The molecule has 3 heterocycles. The largest absolute Gasteiger partial charge is 0.397 e. The number of pyridine rings is 1. The van der Waals surface area contributed by atoms with Crippen molar-refractivity contribution in [3.63, 3.8) is 0 Å². The number of hydrogen-bond acceptors (Lipinski definition) is 4. The van der Waals surface area contributed by atoms with E-state index in [1.54, 1.807) is 0 Å². The molecule has 2 aromatic rings. The molecule has 100 valence electrons. The number of anilines is 1. The Morgan fingerprint density at radius 2 is 2.11 bits per heavy atom. The highest BCUT2D eigenvalue weighted by atomic mass is 16.5. The third-order valence-electron chi connectivity index (χ3n) is 3.51. The van der Waals surface area contributed by atoms with Gasteiger partial charge >= 0.3 is 0 Å². The highest BCUT2D eigenvalue weighted by Crippen LogP contribution is 2.26. The molecule has 0 atom stereocenters. The van der Waals surface area contributed by atoms with Gasteiger partial charge in [0.15, 0.2) is 0 Å². The third kappa shape index (κ3) is 2.46. The first-order valence-electron chi connectivity index (χ1n) is 6.59. The molecule has 5 nitrogen and oxygen atoms in total. The van der Waals surface area contributed by atoms with Crippen LogP contribution in [0.15, 0.2) is 24.5 Å². The second kappa shape index (κ2) is 5.01. The van der Waals surface area contributed by atoms with Gasteiger partial charge in [0.2, 0.25) is 0 Å². The quantitative estimate of drug-likeness (QED) is 0.896. The summed E-state index contributed by atoms with van der Waals surface area (Å²) in [5.74, 6) is 0. The number of aryl methyl sites for hydroxylation is 1. The molecule has 0 radical (unpaired) electrons. The highest BCUT2D eigenvalue weighted by Gasteiger charge is 2.17. The van der Waals surface area contributed by atoms with Crippen LogP contribution < -0.4 is 5.73 Å². The Bertz CT molecular complexity index is 573. The van der Waals surface area contributed by atoms with Gasteiger partial charge in [-0.25, -0.2) is 0 Å². The van der Waals surface area contributed by atoms with Crippen LogP contribution in [0, 0.1) is 6.92 Å². The summed E-state index contributed by atoms with van der Waals surface area (Å²) in [5, 5.41) is 4.45. The minimum atomic E-state index is 0.425. The Hall–Kier alpha value is -1.88. The maximum absolute atomic E-state index is 5.99. The van der Waals surface area contributed by atoms with Gasteiger partial charge in [-0.1, -0.05) is 0 Å². The monoisotopic (exact) mass is 258 g/mol. The van der Waals surface area contributed by atoms with Crippen molar-refractivity contribution in [1.82, 2.24) is 14.8 Å². The van der Waals surface area contributed by atoms with Crippen LogP contribution in [0.25, 0.3) is 11.3 Å². The summed E-state index contributed by atoms with van der Waals surface area (Å²) in [4.78, 5) is 4.50. The number of nitrogen functional groups attached to an aromatic ring is 1. The molecule has 1 aliphatic rings. The molecule has 0 amide bonds. The van der Waals surface area contributed by atoms with Gasteiger partial charge in [-0.15, -0.1) is 0 Å². The van der Waals surface area contributed by atoms with E-state index in [2.05, 4.69) is 10.1 Å². The summed E-state index contributed by atoms with van der Waals surface area (Å²) in [6.07, 6.45) is 5.90. The van der Waals surface area contributed by atoms with Crippen molar-refractivity contribution in [3.8, 4) is 11.3 Å². The van der Waals surface area contributed by atoms with E-state index in [1.807, 2.05) is 36.1 Å². The fourth-order valence-corrected chi connectivity index (χ4v) is 2.41. The molecule has 0 bridgehead atoms. The Morgan fingerprint density at radius 1 is 1.32 bits per heavy atom. The molecule has 1 aliphatic heterocycles. The number of hydrogen-bond donors (Lipinski definition) is 1. The van der Waals surface area contributed by atoms with Crippen LogP contribution in [0.3, 0.4) is 0 Å². The molecular formula is C14H18N4O. The van der Waals surface area contributed by atoms with Crippen LogP contribution in [0.2, 0.25) is 0 Å². The van der Waals surface area contributed by atoms with Crippen molar-refractivity contribution in [2.45, 2.75) is 25.8 Å². The number of nitrogens with two attached hydrogens (primary N) is 1. The van der Waals surface area contributed by atoms with Crippen molar-refractivity contribution in [3.05, 3.63) is 30.2 Å². The van der Waals surface area contributed by atoms with E-state index in [4.69, 9.17) is 10.5 Å². The molecule has 3 rings (SSSR count). The lowest BCUT2D eigenvalue weighted by atomic mass is 10.1. The van der Waals surface area contributed by atoms with E-state index < -0.39 is 0 Å². The second-order valence-corrected chi connectivity index (χ2v) is 4.94. The van der Waals surface area contributed by atoms with E-state index in [0.29, 0.717) is 11.7 Å². The molecule has 0 unspecified atom stereocenters. The summed E-state index contributed by atoms with van der Waals surface area (Å²) < 4.78 is 7.39. The molecule has 0 spiro atoms. The minimum Gasteiger partial charge on any atom is -0.397 e. The zero-order valence-corrected chi connectivity index (χ0v) is 11.0. The van der Waals surface area contributed by atoms with E-state index >= 15 is 0 Å². The van der Waals surface area contributed by atoms with Crippen LogP contribution >= 0.6 is 0 Å². The zero-order valence-electron chi connectivity index (χ0n) is 11.0. The average molecular weight is 258 g/mol. The Balaban J connectivity index is 1.89. The predicted molar refractivity (Wildman–Crippen MR) is 73.7 cm³/mol. The Labute approximate surface area is 112 Å². The summed E-state index contributed by atoms with van der Waals surface area (Å²) in [7, 11) is 0. The SMILES string of the molecule is Cc1ccc(N)c(-c2cnn(C3CCOCC3)c2)n1. The van der Waals surface area contributed by atoms with Gasteiger partial charge in [0, 0.05) is 30.7 Å². The van der Waals surface area contributed by atoms with Gasteiger partial charge in [-0.3, -0.25) is 9.67 Å². The maximum Gasteiger partial charge on any atom is 0.0965 e. The molecule has 2 aromatic heterocycles. The van der Waals surface area contributed by atoms with Crippen molar-refractivity contribution in [1.29, 1.82) is 0 Å². The van der Waals surface area contributed by atoms with Crippen molar-refractivity contribution in [2.75, 3.05) is 18.9 Å². The standard InChI is InChI=1S/C14H18N4O/c1-10-2-3-13(15)14(17-10)11-8-16-18(9-11)12-4-6-19-7-5-12/h2-3,8-9,12H,4-7,15H2,1H3. The van der Waals surface area contributed by atoms with Crippen molar-refractivity contribution >= 4 is 5.69 Å². The van der Waals surface area contributed by atoms with Crippen molar-refractivity contribution < 1.29 is 4.74 Å². The molecule has 0 aromatic carbocycles. The first-order chi connectivity index (χ1) is 9.24. The Kier molecular flexibility index (Phi) is 3.21. The van der Waals surface area contributed by atoms with Crippen molar-refractivity contribution in [2.24, 2.45) is 0 Å². The van der Waals surface area contributed by atoms with E-state index in [1.165, 1.54) is 0 Å². The predicted octanol–water partition coefficient (Wildman–Crippen LogP) is 2.19. The summed E-state index contributed by atoms with van der Waals surface area (Å²) in [6, 6.07) is 4.24. The first-order valence-corrected chi connectivity index (χ1v) is 6.59. The lowest BCUT2D eigenvalue weighted by molar-refractivity contribution is 0.0662. The topological polar surface area (TPSA) is 66.0 Å². The van der Waals surface area contributed by atoms with E-state index in [-0.39, 0.29) is 0 Å². The molecule has 1 fully saturated rings. The fourth-order valence-electron chi connectivity index (χ4n) is 2.41. The number of aromatic nitrogens is 3. The second-order valence-electron chi connectivity index (χ2n) is 4.94. The van der Waals surface area contributed by atoms with Crippen LogP contribution in [-0.4, -0.2) is 28.0 Å². The van der Waals surface area contributed by atoms with Crippen LogP contribution in [0.1, 0.15) is 24.6 Å². The smallest absolute Gasteiger partial charge is 0.0965 e. The van der Waals surface area contributed by atoms with Crippen LogP contribution in [0.5, 0.6) is 0 Å². The van der Waals surface area contributed by atoms with Crippen LogP contribution in [-0.2, 0) is 4.74 Å². The van der Waals surface area contributed by atoms with Gasteiger partial charge in [0.1, 0.15) is 0 Å². The molecule has 0 aliphatic carbocycles. The van der Waals surface area contributed by atoms with E-state index in [0.717, 1.165) is 43.0 Å². The molecule has 19 heavy (non-hydrogen) atoms. The summed E-state index contributed by atoms with van der Waals surface area (Å²) >= 11 is 0. The number of ether oxygens (including phenoxy) is 1. The third-order valence-corrected chi connectivity index (χ3v) is 3.51. The Morgan fingerprint density at radius 3 is 2.89 bits per heavy atom. The van der Waals surface area contributed by atoms with Gasteiger partial charge in [-0.2, -0.15) is 5.10 Å². The number of nitrogens with zero attached hydrogens (tertiary/aromatic N) is 3. The first kappa shape index (κ1) is 12.2. The zero-order chi connectivity index (χ0) is 13.2. The average Bonchev–Trinajstić information content (AvgIpc) is 2.92. The van der Waals surface area contributed by atoms with Gasteiger partial charge in [0.25, 0.3) is 0 Å². The molecule has 1 saturated heterocycles. The van der Waals surface area contributed by atoms with Gasteiger partial charge in [-0.05, 0) is 31.9 Å². The lowest BCUT2D eigenvalue weighted by Crippen LogP contribution is -2.19. The van der Waals surface area contributed by atoms with Gasteiger partial charge in [0.05, 0.1) is 23.6 Å². The molecule has 0 saturated carbocycles. The molecular weight excluding hydrogens is 240 g/mol. The molecule has 2 N–H and O–H groups in total. The highest BCUT2D eigenvalue weighted by molar-refractivity contribution is 5.71. The van der Waals surface area contributed by atoms with Gasteiger partial charge < -0.3 is 10.5 Å². The minimum absolute atomic E-state index is 0.425. The van der Waals surface area contributed by atoms with Crippen LogP contribution in [0.4, 0.5) is 5.69 Å². The maximum atomic E-state index is 5.99. The number of rotatable bonds is 2. The summed E-state index contributed by atoms with van der Waals surface area (Å²) in [5.41, 5.74) is 9.44. The molecule has 5 heteroatoms. The van der Waals surface area contributed by atoms with E-state index in [9.17, 15) is 0 Å². The lowest BCUT2D eigenvalue weighted by Gasteiger charge is -2.22. The normalized spacial score (nSPS) is 16.7. The fraction of sp³-hybridized carbons (Fsp3) is 0.429.